The van der Waals surface area contributed by atoms with E-state index in [9.17, 15) is 32.4 Å². The van der Waals surface area contributed by atoms with Gasteiger partial charge in [0, 0.05) is 39.4 Å². The van der Waals surface area contributed by atoms with Gasteiger partial charge in [-0.05, 0) is 37.1 Å². The Kier molecular flexibility index (Phi) is 17.6. The number of benzene rings is 1. The number of ether oxygens (including phenoxy) is 3. The number of carboxylic acids is 2. The summed E-state index contributed by atoms with van der Waals surface area (Å²) < 4.78 is 41.2. The molecule has 0 radical (unpaired) electrons. The third-order valence-corrected chi connectivity index (χ3v) is 6.38. The number of carboxylic acid groups (broad SMARTS) is 2. The van der Waals surface area contributed by atoms with Gasteiger partial charge in [-0.25, -0.2) is 23.0 Å². The highest BCUT2D eigenvalue weighted by Crippen LogP contribution is 2.14. The average Bonchev–Trinajstić information content (AvgIpc) is 2.96. The summed E-state index contributed by atoms with van der Waals surface area (Å²) in [5, 5.41) is 18.7. The second-order valence-electron chi connectivity index (χ2n) is 8.64. The molecule has 0 aliphatic carbocycles. The number of ketones is 2. The second-order valence-corrected chi connectivity index (χ2v) is 10.3. The fourth-order valence-corrected chi connectivity index (χ4v) is 4.07. The number of aliphatic carboxylic acids is 2. The van der Waals surface area contributed by atoms with Crippen LogP contribution in [0.2, 0.25) is 0 Å². The van der Waals surface area contributed by atoms with Crippen molar-refractivity contribution in [3.63, 3.8) is 0 Å². The Morgan fingerprint density at radius 3 is 1.95 bits per heavy atom. The number of rotatable bonds is 20. The number of amides is 1. The zero-order chi connectivity index (χ0) is 32.1. The highest BCUT2D eigenvalue weighted by molar-refractivity contribution is 7.92. The molecule has 1 amide bonds. The summed E-state index contributed by atoms with van der Waals surface area (Å²) in [4.78, 5) is 59.7. The molecule has 0 fully saturated rings. The topological polar surface area (TPSA) is 225 Å². The molecular weight excluding hydrogens is 590 g/mol. The molecule has 0 saturated heterocycles. The summed E-state index contributed by atoms with van der Waals surface area (Å²) in [6, 6.07) is 10.5. The summed E-state index contributed by atoms with van der Waals surface area (Å²) in [6.07, 6.45) is 2.33. The molecule has 43 heavy (non-hydrogen) atoms. The van der Waals surface area contributed by atoms with Gasteiger partial charge in [0.15, 0.2) is 11.6 Å². The summed E-state index contributed by atoms with van der Waals surface area (Å²) in [7, 11) is -2.46. The molecule has 236 valence electrons. The Morgan fingerprint density at radius 1 is 0.814 bits per heavy atom. The number of carbonyl (C=O) groups excluding carboxylic acids is 3. The number of nitrogens with one attached hydrogen (secondary N) is 2. The van der Waals surface area contributed by atoms with E-state index in [4.69, 9.17) is 19.7 Å². The molecule has 0 atom stereocenters. The number of hydrogen-bond donors (Lipinski definition) is 4. The van der Waals surface area contributed by atoms with Crippen molar-refractivity contribution in [2.24, 2.45) is 0 Å². The molecule has 2 rings (SSSR count). The lowest BCUT2D eigenvalue weighted by Gasteiger charge is -2.08. The maximum atomic E-state index is 12.3. The number of carbonyl (C=O) groups is 5. The zero-order valence-electron chi connectivity index (χ0n) is 23.5. The lowest BCUT2D eigenvalue weighted by Crippen LogP contribution is -2.29. The number of anilines is 1. The fourth-order valence-electron chi connectivity index (χ4n) is 3.04. The minimum absolute atomic E-state index is 0.0430. The normalized spacial score (nSPS) is 10.6. The standard InChI is InChI=1S/C24H29N3O9S.C3H6O3/c28-19(6-4-12-35-16-20(29)7-5-13-36-17-23(30)31)15-26-24(32)18-10-11-22(25-14-18)27-37(33,34)21-8-2-1-3-9-21;1-6-2-3(4)5/h1-3,8-11,14H,4-7,12-13,15-17H2,(H,25,27)(H,26,32)(H,30,31);2H2,1H3,(H,4,5). The molecule has 4 N–H and O–H groups in total. The third-order valence-electron chi connectivity index (χ3n) is 5.01. The van der Waals surface area contributed by atoms with Crippen LogP contribution < -0.4 is 10.0 Å². The van der Waals surface area contributed by atoms with Crippen LogP contribution >= 0.6 is 0 Å². The largest absolute Gasteiger partial charge is 0.480 e. The third kappa shape index (κ3) is 17.3. The Balaban J connectivity index is 0.00000139. The highest BCUT2D eigenvalue weighted by Gasteiger charge is 2.15. The first kappa shape index (κ1) is 36.8. The number of pyridine rings is 1. The minimum Gasteiger partial charge on any atom is -0.480 e. The molecule has 15 nitrogen and oxygen atoms in total. The van der Waals surface area contributed by atoms with Crippen molar-refractivity contribution in [2.75, 3.05) is 51.4 Å². The number of hydrogen-bond acceptors (Lipinski definition) is 11. The molecule has 0 bridgehead atoms. The molecule has 0 unspecified atom stereocenters. The first-order valence-corrected chi connectivity index (χ1v) is 14.4. The maximum absolute atomic E-state index is 12.3. The second kappa shape index (κ2) is 20.6. The molecule has 0 spiro atoms. The van der Waals surface area contributed by atoms with Crippen molar-refractivity contribution in [1.29, 1.82) is 0 Å². The number of nitrogens with zero attached hydrogens (tertiary/aromatic N) is 1. The molecule has 1 aromatic carbocycles. The van der Waals surface area contributed by atoms with Gasteiger partial charge in [-0.2, -0.15) is 0 Å². The molecule has 0 saturated carbocycles. The molecule has 16 heteroatoms. The van der Waals surface area contributed by atoms with Crippen molar-refractivity contribution in [3.8, 4) is 0 Å². The van der Waals surface area contributed by atoms with E-state index in [1.165, 1.54) is 37.6 Å². The smallest absolute Gasteiger partial charge is 0.329 e. The van der Waals surface area contributed by atoms with Crippen molar-refractivity contribution in [2.45, 2.75) is 30.6 Å². The summed E-state index contributed by atoms with van der Waals surface area (Å²) >= 11 is 0. The van der Waals surface area contributed by atoms with Crippen LogP contribution in [0.5, 0.6) is 0 Å². The lowest BCUT2D eigenvalue weighted by atomic mass is 10.2. The Morgan fingerprint density at radius 2 is 1.42 bits per heavy atom. The van der Waals surface area contributed by atoms with E-state index in [0.29, 0.717) is 12.8 Å². The van der Waals surface area contributed by atoms with E-state index >= 15 is 0 Å². The van der Waals surface area contributed by atoms with Gasteiger partial charge < -0.3 is 29.7 Å². The van der Waals surface area contributed by atoms with Gasteiger partial charge in [0.2, 0.25) is 0 Å². The molecule has 2 aromatic rings. The van der Waals surface area contributed by atoms with Crippen LogP contribution in [0, 0.1) is 0 Å². The molecule has 0 aliphatic heterocycles. The summed E-state index contributed by atoms with van der Waals surface area (Å²) in [6.45, 7) is -0.539. The molecule has 0 aliphatic rings. The first-order valence-electron chi connectivity index (χ1n) is 12.9. The SMILES string of the molecule is COCC(=O)O.O=C(O)COCCCC(=O)COCCCC(=O)CNC(=O)c1ccc(NS(=O)(=O)c2ccccc2)nc1. The van der Waals surface area contributed by atoms with E-state index in [1.54, 1.807) is 18.2 Å². The maximum Gasteiger partial charge on any atom is 0.329 e. The molecular formula is C27H35N3O12S. The van der Waals surface area contributed by atoms with Gasteiger partial charge in [0.25, 0.3) is 15.9 Å². The van der Waals surface area contributed by atoms with Crippen LogP contribution in [0.15, 0.2) is 53.6 Å². The van der Waals surface area contributed by atoms with Crippen LogP contribution in [-0.2, 0) is 43.4 Å². The number of Topliss-reactive ketones (excluding diaryl/α,β-unsaturated/α-hetero) is 2. The molecule has 1 aromatic heterocycles. The van der Waals surface area contributed by atoms with Crippen molar-refractivity contribution in [1.82, 2.24) is 10.3 Å². The van der Waals surface area contributed by atoms with Crippen molar-refractivity contribution in [3.05, 3.63) is 54.2 Å². The van der Waals surface area contributed by atoms with Crippen LogP contribution in [0.25, 0.3) is 0 Å². The van der Waals surface area contributed by atoms with E-state index in [2.05, 4.69) is 19.8 Å². The van der Waals surface area contributed by atoms with Crippen LogP contribution in [-0.4, -0.2) is 99.7 Å². The van der Waals surface area contributed by atoms with Gasteiger partial charge in [0.05, 0.1) is 17.0 Å². The molecule has 1 heterocycles. The quantitative estimate of drug-likeness (QED) is 0.152. The predicted octanol–water partition coefficient (Wildman–Crippen LogP) is 1.15. The number of methoxy groups -OCH3 is 1. The number of aromatic nitrogens is 1. The van der Waals surface area contributed by atoms with Gasteiger partial charge >= 0.3 is 11.9 Å². The van der Waals surface area contributed by atoms with Crippen molar-refractivity contribution < 1.29 is 56.8 Å². The summed E-state index contributed by atoms with van der Waals surface area (Å²) in [5.41, 5.74) is 0.158. The van der Waals surface area contributed by atoms with E-state index in [0.717, 1.165) is 0 Å². The van der Waals surface area contributed by atoms with E-state index in [-0.39, 0.29) is 73.7 Å². The van der Waals surface area contributed by atoms with Crippen LogP contribution in [0.4, 0.5) is 5.82 Å². The van der Waals surface area contributed by atoms with Gasteiger partial charge in [-0.15, -0.1) is 0 Å². The first-order chi connectivity index (χ1) is 20.4. The van der Waals surface area contributed by atoms with Crippen molar-refractivity contribution >= 4 is 45.3 Å². The average molecular weight is 626 g/mol. The minimum atomic E-state index is -3.80. The lowest BCUT2D eigenvalue weighted by molar-refractivity contribution is -0.142. The van der Waals surface area contributed by atoms with Crippen LogP contribution in [0.1, 0.15) is 36.0 Å². The fraction of sp³-hybridized carbons (Fsp3) is 0.407. The van der Waals surface area contributed by atoms with Gasteiger partial charge in [-0.3, -0.25) is 19.1 Å². The van der Waals surface area contributed by atoms with Crippen LogP contribution in [0.3, 0.4) is 0 Å². The monoisotopic (exact) mass is 625 g/mol. The van der Waals surface area contributed by atoms with E-state index in [1.807, 2.05) is 0 Å². The van der Waals surface area contributed by atoms with Gasteiger partial charge in [0.1, 0.15) is 25.6 Å². The summed E-state index contributed by atoms with van der Waals surface area (Å²) in [5.74, 6) is -2.86. The predicted molar refractivity (Wildman–Crippen MR) is 151 cm³/mol. The highest BCUT2D eigenvalue weighted by atomic mass is 32.2. The zero-order valence-corrected chi connectivity index (χ0v) is 24.3. The number of sulfonamides is 1. The Bertz CT molecular complexity index is 1290. The Labute approximate surface area is 248 Å². The van der Waals surface area contributed by atoms with E-state index < -0.39 is 34.5 Å². The Hall–Kier alpha value is -4.25. The van der Waals surface area contributed by atoms with Gasteiger partial charge in [-0.1, -0.05) is 18.2 Å².